The predicted octanol–water partition coefficient (Wildman–Crippen LogP) is 2.14. The Hall–Kier alpha value is -3.13. The van der Waals surface area contributed by atoms with Crippen LogP contribution < -0.4 is 0 Å². The molecule has 0 fully saturated rings. The van der Waals surface area contributed by atoms with Crippen LogP contribution in [0.3, 0.4) is 0 Å². The lowest BCUT2D eigenvalue weighted by atomic mass is 10.1. The number of benzene rings is 1. The molecule has 0 amide bonds. The Balaban J connectivity index is 2.05. The van der Waals surface area contributed by atoms with Gasteiger partial charge in [-0.05, 0) is 30.5 Å². The number of carboxylic acids is 1. The van der Waals surface area contributed by atoms with E-state index in [-0.39, 0.29) is 5.56 Å². The highest BCUT2D eigenvalue weighted by Gasteiger charge is 2.05. The van der Waals surface area contributed by atoms with E-state index < -0.39 is 5.97 Å². The summed E-state index contributed by atoms with van der Waals surface area (Å²) in [7, 11) is 0. The molecule has 0 radical (unpaired) electrons. The van der Waals surface area contributed by atoms with Crippen LogP contribution in [0, 0.1) is 18.8 Å². The molecular weight excluding hydrogens is 266 g/mol. The number of aromatic nitrogens is 3. The van der Waals surface area contributed by atoms with Gasteiger partial charge >= 0.3 is 5.97 Å². The molecule has 5 nitrogen and oxygen atoms in total. The number of carbonyl (C=O) groups is 1. The van der Waals surface area contributed by atoms with E-state index in [1.54, 1.807) is 43.0 Å². The molecule has 21 heavy (non-hydrogen) atoms. The van der Waals surface area contributed by atoms with Crippen LogP contribution in [0.1, 0.15) is 27.2 Å². The lowest BCUT2D eigenvalue weighted by Crippen LogP contribution is -1.97. The van der Waals surface area contributed by atoms with Crippen molar-refractivity contribution in [3.05, 3.63) is 65.4 Å². The highest BCUT2D eigenvalue weighted by molar-refractivity contribution is 5.88. The van der Waals surface area contributed by atoms with Crippen LogP contribution in [0.15, 0.2) is 43.0 Å². The lowest BCUT2D eigenvalue weighted by Gasteiger charge is -2.00. The topological polar surface area (TPSA) is 67.5 Å². The van der Waals surface area contributed by atoms with Crippen molar-refractivity contribution in [1.29, 1.82) is 0 Å². The number of rotatable bonds is 1. The Bertz CT molecular complexity index is 901. The first-order valence-electron chi connectivity index (χ1n) is 6.28. The number of carboxylic acid groups (broad SMARTS) is 1. The zero-order chi connectivity index (χ0) is 14.8. The Labute approximate surface area is 120 Å². The Morgan fingerprint density at radius 2 is 2.14 bits per heavy atom. The monoisotopic (exact) mass is 277 g/mol. The molecule has 102 valence electrons. The van der Waals surface area contributed by atoms with Crippen molar-refractivity contribution in [2.45, 2.75) is 6.92 Å². The molecule has 0 saturated heterocycles. The van der Waals surface area contributed by atoms with Crippen LogP contribution in [-0.2, 0) is 0 Å². The fourth-order valence-electron chi connectivity index (χ4n) is 1.96. The third-order valence-electron chi connectivity index (χ3n) is 3.13. The molecule has 0 aliphatic rings. The van der Waals surface area contributed by atoms with Gasteiger partial charge < -0.3 is 5.11 Å². The standard InChI is InChI=1S/C16H11N3O2/c1-11-2-3-13(16(20)21)8-12(11)4-5-14-9-18-15-10-17-6-7-19(14)15/h2-3,6-10H,1H3,(H,20,21). The predicted molar refractivity (Wildman–Crippen MR) is 77.1 cm³/mol. The van der Waals surface area contributed by atoms with Gasteiger partial charge in [-0.1, -0.05) is 12.0 Å². The average molecular weight is 277 g/mol. The first-order valence-corrected chi connectivity index (χ1v) is 6.28. The average Bonchev–Trinajstić information content (AvgIpc) is 2.89. The van der Waals surface area contributed by atoms with E-state index in [2.05, 4.69) is 21.8 Å². The fraction of sp³-hybridized carbons (Fsp3) is 0.0625. The number of imidazole rings is 1. The summed E-state index contributed by atoms with van der Waals surface area (Å²) in [6.45, 7) is 1.90. The number of aromatic carboxylic acids is 1. The van der Waals surface area contributed by atoms with Crippen molar-refractivity contribution in [3.8, 4) is 11.8 Å². The summed E-state index contributed by atoms with van der Waals surface area (Å²) in [6.07, 6.45) is 6.77. The minimum absolute atomic E-state index is 0.229. The summed E-state index contributed by atoms with van der Waals surface area (Å²) in [6, 6.07) is 4.91. The maximum absolute atomic E-state index is 11.0. The second kappa shape index (κ2) is 5.10. The Morgan fingerprint density at radius 3 is 2.95 bits per heavy atom. The molecule has 0 spiro atoms. The van der Waals surface area contributed by atoms with E-state index in [0.717, 1.165) is 16.9 Å². The normalized spacial score (nSPS) is 10.1. The van der Waals surface area contributed by atoms with Crippen molar-refractivity contribution in [2.75, 3.05) is 0 Å². The van der Waals surface area contributed by atoms with Crippen molar-refractivity contribution < 1.29 is 9.90 Å². The zero-order valence-corrected chi connectivity index (χ0v) is 11.2. The van der Waals surface area contributed by atoms with Gasteiger partial charge in [0.25, 0.3) is 0 Å². The van der Waals surface area contributed by atoms with Gasteiger partial charge in [-0.15, -0.1) is 0 Å². The highest BCUT2D eigenvalue weighted by Crippen LogP contribution is 2.11. The van der Waals surface area contributed by atoms with Crippen molar-refractivity contribution in [2.24, 2.45) is 0 Å². The van der Waals surface area contributed by atoms with Gasteiger partial charge in [0.15, 0.2) is 5.65 Å². The van der Waals surface area contributed by atoms with Crippen LogP contribution in [-0.4, -0.2) is 25.4 Å². The number of fused-ring (bicyclic) bond motifs is 1. The lowest BCUT2D eigenvalue weighted by molar-refractivity contribution is 0.0697. The van der Waals surface area contributed by atoms with E-state index in [9.17, 15) is 4.79 Å². The third-order valence-corrected chi connectivity index (χ3v) is 3.13. The van der Waals surface area contributed by atoms with Gasteiger partial charge in [-0.2, -0.15) is 0 Å². The molecule has 0 aliphatic carbocycles. The molecule has 3 aromatic rings. The summed E-state index contributed by atoms with van der Waals surface area (Å²) < 4.78 is 1.83. The largest absolute Gasteiger partial charge is 0.478 e. The number of nitrogens with zero attached hydrogens (tertiary/aromatic N) is 3. The quantitative estimate of drug-likeness (QED) is 0.692. The van der Waals surface area contributed by atoms with Crippen molar-refractivity contribution in [3.63, 3.8) is 0 Å². The van der Waals surface area contributed by atoms with E-state index >= 15 is 0 Å². The van der Waals surface area contributed by atoms with Gasteiger partial charge in [-0.3, -0.25) is 9.38 Å². The summed E-state index contributed by atoms with van der Waals surface area (Å²) in [5.74, 6) is 5.07. The molecule has 0 bridgehead atoms. The van der Waals surface area contributed by atoms with Gasteiger partial charge in [-0.25, -0.2) is 9.78 Å². The number of hydrogen-bond acceptors (Lipinski definition) is 3. The number of aryl methyl sites for hydroxylation is 1. The molecular formula is C16H11N3O2. The van der Waals surface area contributed by atoms with Gasteiger partial charge in [0.1, 0.15) is 5.69 Å². The van der Waals surface area contributed by atoms with Crippen LogP contribution in [0.25, 0.3) is 5.65 Å². The summed E-state index contributed by atoms with van der Waals surface area (Å²) >= 11 is 0. The summed E-state index contributed by atoms with van der Waals surface area (Å²) in [5.41, 5.74) is 3.31. The summed E-state index contributed by atoms with van der Waals surface area (Å²) in [5, 5.41) is 9.02. The molecule has 0 atom stereocenters. The molecule has 1 aromatic carbocycles. The van der Waals surface area contributed by atoms with Crippen molar-refractivity contribution in [1.82, 2.24) is 14.4 Å². The van der Waals surface area contributed by atoms with Crippen molar-refractivity contribution >= 4 is 11.6 Å². The molecule has 2 heterocycles. The minimum atomic E-state index is -0.959. The van der Waals surface area contributed by atoms with Crippen LogP contribution in [0.2, 0.25) is 0 Å². The second-order valence-electron chi connectivity index (χ2n) is 4.53. The van der Waals surface area contributed by atoms with Gasteiger partial charge in [0.05, 0.1) is 18.0 Å². The Kier molecular flexibility index (Phi) is 3.13. The molecule has 0 aliphatic heterocycles. The highest BCUT2D eigenvalue weighted by atomic mass is 16.4. The van der Waals surface area contributed by atoms with E-state index in [1.807, 2.05) is 11.3 Å². The zero-order valence-electron chi connectivity index (χ0n) is 11.2. The second-order valence-corrected chi connectivity index (χ2v) is 4.53. The SMILES string of the molecule is Cc1ccc(C(=O)O)cc1C#Cc1cnc2cnccn12. The van der Waals surface area contributed by atoms with Crippen LogP contribution in [0.4, 0.5) is 0 Å². The molecule has 1 N–H and O–H groups in total. The maximum atomic E-state index is 11.0. The van der Waals surface area contributed by atoms with E-state index in [1.165, 1.54) is 0 Å². The molecule has 0 saturated carbocycles. The minimum Gasteiger partial charge on any atom is -0.478 e. The molecule has 3 rings (SSSR count). The van der Waals surface area contributed by atoms with E-state index in [4.69, 9.17) is 5.11 Å². The van der Waals surface area contributed by atoms with Crippen LogP contribution in [0.5, 0.6) is 0 Å². The van der Waals surface area contributed by atoms with Gasteiger partial charge in [0.2, 0.25) is 0 Å². The smallest absolute Gasteiger partial charge is 0.335 e. The first-order chi connectivity index (χ1) is 10.1. The van der Waals surface area contributed by atoms with Crippen LogP contribution >= 0.6 is 0 Å². The van der Waals surface area contributed by atoms with E-state index in [0.29, 0.717) is 5.56 Å². The maximum Gasteiger partial charge on any atom is 0.335 e. The van der Waals surface area contributed by atoms with Gasteiger partial charge in [0, 0.05) is 18.0 Å². The summed E-state index contributed by atoms with van der Waals surface area (Å²) in [4.78, 5) is 19.2. The molecule has 2 aromatic heterocycles. The third kappa shape index (κ3) is 2.47. The number of hydrogen-bond donors (Lipinski definition) is 1. The fourth-order valence-corrected chi connectivity index (χ4v) is 1.96. The molecule has 0 unspecified atom stereocenters. The Morgan fingerprint density at radius 1 is 1.29 bits per heavy atom. The molecule has 5 heteroatoms. The first kappa shape index (κ1) is 12.9.